The number of nitrogens with two attached hydrogens (primary N) is 1. The molecule has 0 spiro atoms. The lowest BCUT2D eigenvalue weighted by Gasteiger charge is -2.20. The number of anilines is 3. The Kier molecular flexibility index (Phi) is 3.74. The number of aryl methyl sites for hydroxylation is 2. The van der Waals surface area contributed by atoms with Crippen molar-refractivity contribution in [1.82, 2.24) is 9.78 Å². The maximum Gasteiger partial charge on any atom is 0.154 e. The molecule has 0 unspecified atom stereocenters. The second-order valence-electron chi connectivity index (χ2n) is 4.59. The zero-order valence-electron chi connectivity index (χ0n) is 11.5. The highest BCUT2D eigenvalue weighted by Gasteiger charge is 2.17. The van der Waals surface area contributed by atoms with Gasteiger partial charge in [0.15, 0.2) is 5.82 Å². The summed E-state index contributed by atoms with van der Waals surface area (Å²) in [7, 11) is 3.77. The number of nitrogens with zero attached hydrogens (tertiary/aromatic N) is 3. The van der Waals surface area contributed by atoms with E-state index in [1.165, 1.54) is 12.1 Å². The smallest absolute Gasteiger partial charge is 0.154 e. The molecule has 4 nitrogen and oxygen atoms in total. The van der Waals surface area contributed by atoms with Crippen molar-refractivity contribution >= 4 is 17.2 Å². The van der Waals surface area contributed by atoms with Gasteiger partial charge in [0.05, 0.1) is 11.4 Å². The fraction of sp³-hybridized carbons (Fsp3) is 0.357. The van der Waals surface area contributed by atoms with Crippen LogP contribution in [0.3, 0.4) is 0 Å². The van der Waals surface area contributed by atoms with Crippen molar-refractivity contribution < 1.29 is 4.39 Å². The minimum Gasteiger partial charge on any atom is -0.394 e. The normalized spacial score (nSPS) is 10.7. The summed E-state index contributed by atoms with van der Waals surface area (Å²) in [5.74, 6) is 0.580. The summed E-state index contributed by atoms with van der Waals surface area (Å²) < 4.78 is 14.7. The predicted octanol–water partition coefficient (Wildman–Crippen LogP) is 2.86. The molecule has 0 saturated carbocycles. The van der Waals surface area contributed by atoms with E-state index in [4.69, 9.17) is 5.73 Å². The van der Waals surface area contributed by atoms with Crippen molar-refractivity contribution in [3.63, 3.8) is 0 Å². The molecule has 0 radical (unpaired) electrons. The number of rotatable bonds is 4. The van der Waals surface area contributed by atoms with Crippen LogP contribution in [-0.4, -0.2) is 16.8 Å². The van der Waals surface area contributed by atoms with Gasteiger partial charge in [-0.25, -0.2) is 4.39 Å². The van der Waals surface area contributed by atoms with Crippen LogP contribution in [0.25, 0.3) is 0 Å². The average Bonchev–Trinajstić information content (AvgIpc) is 2.65. The van der Waals surface area contributed by atoms with Gasteiger partial charge in [-0.15, -0.1) is 0 Å². The van der Waals surface area contributed by atoms with E-state index in [-0.39, 0.29) is 5.82 Å². The van der Waals surface area contributed by atoms with E-state index >= 15 is 0 Å². The van der Waals surface area contributed by atoms with Crippen molar-refractivity contribution in [1.29, 1.82) is 0 Å². The first kappa shape index (κ1) is 13.4. The van der Waals surface area contributed by atoms with Gasteiger partial charge in [-0.1, -0.05) is 13.3 Å². The molecule has 5 heteroatoms. The van der Waals surface area contributed by atoms with Crippen molar-refractivity contribution in [2.45, 2.75) is 19.8 Å². The van der Waals surface area contributed by atoms with E-state index in [9.17, 15) is 4.39 Å². The molecule has 2 N–H and O–H groups in total. The van der Waals surface area contributed by atoms with Crippen LogP contribution in [0.5, 0.6) is 0 Å². The molecule has 2 aromatic rings. The van der Waals surface area contributed by atoms with Gasteiger partial charge in [-0.05, 0) is 30.7 Å². The van der Waals surface area contributed by atoms with Gasteiger partial charge in [0.2, 0.25) is 0 Å². The standard InChI is InChI=1S/C14H19FN4/c1-4-5-12-13(16)14(19(3)17-12)18(2)11-8-6-10(15)7-9-11/h6-9H,4-5,16H2,1-3H3. The van der Waals surface area contributed by atoms with E-state index in [1.54, 1.807) is 16.8 Å². The van der Waals surface area contributed by atoms with Gasteiger partial charge in [0.25, 0.3) is 0 Å². The van der Waals surface area contributed by atoms with E-state index < -0.39 is 0 Å². The lowest BCUT2D eigenvalue weighted by molar-refractivity contribution is 0.628. The average molecular weight is 262 g/mol. The fourth-order valence-corrected chi connectivity index (χ4v) is 2.19. The van der Waals surface area contributed by atoms with E-state index in [0.717, 1.165) is 30.0 Å². The SMILES string of the molecule is CCCc1nn(C)c(N(C)c2ccc(F)cc2)c1N. The summed E-state index contributed by atoms with van der Waals surface area (Å²) in [6, 6.07) is 6.32. The molecule has 0 aliphatic rings. The maximum absolute atomic E-state index is 13.0. The lowest BCUT2D eigenvalue weighted by atomic mass is 10.2. The van der Waals surface area contributed by atoms with Gasteiger partial charge in [0, 0.05) is 19.8 Å². The second-order valence-corrected chi connectivity index (χ2v) is 4.59. The highest BCUT2D eigenvalue weighted by Crippen LogP contribution is 2.31. The topological polar surface area (TPSA) is 47.1 Å². The molecule has 1 aromatic carbocycles. The number of nitrogen functional groups attached to an aromatic ring is 1. The highest BCUT2D eigenvalue weighted by atomic mass is 19.1. The first-order valence-electron chi connectivity index (χ1n) is 6.35. The molecule has 0 atom stereocenters. The second kappa shape index (κ2) is 5.30. The summed E-state index contributed by atoms with van der Waals surface area (Å²) in [4.78, 5) is 1.92. The quantitative estimate of drug-likeness (QED) is 0.921. The molecular formula is C14H19FN4. The minimum atomic E-state index is -0.248. The lowest BCUT2D eigenvalue weighted by Crippen LogP contribution is -2.15. The Labute approximate surface area is 112 Å². The fourth-order valence-electron chi connectivity index (χ4n) is 2.19. The Balaban J connectivity index is 2.38. The molecule has 19 heavy (non-hydrogen) atoms. The Morgan fingerprint density at radius 3 is 2.53 bits per heavy atom. The van der Waals surface area contributed by atoms with Crippen molar-refractivity contribution in [2.75, 3.05) is 17.7 Å². The number of benzene rings is 1. The molecule has 1 heterocycles. The van der Waals surface area contributed by atoms with Crippen LogP contribution in [0.1, 0.15) is 19.0 Å². The van der Waals surface area contributed by atoms with E-state index in [0.29, 0.717) is 5.69 Å². The molecule has 0 aliphatic carbocycles. The minimum absolute atomic E-state index is 0.248. The van der Waals surface area contributed by atoms with E-state index in [2.05, 4.69) is 12.0 Å². The molecule has 0 bridgehead atoms. The third-order valence-electron chi connectivity index (χ3n) is 3.15. The molecule has 102 valence electrons. The third kappa shape index (κ3) is 2.54. The van der Waals surface area contributed by atoms with Gasteiger partial charge in [0.1, 0.15) is 5.82 Å². The molecule has 0 amide bonds. The summed E-state index contributed by atoms with van der Waals surface area (Å²) >= 11 is 0. The van der Waals surface area contributed by atoms with Crippen LogP contribution in [-0.2, 0) is 13.5 Å². The van der Waals surface area contributed by atoms with Gasteiger partial charge >= 0.3 is 0 Å². The largest absolute Gasteiger partial charge is 0.394 e. The molecule has 2 rings (SSSR count). The monoisotopic (exact) mass is 262 g/mol. The first-order valence-corrected chi connectivity index (χ1v) is 6.35. The van der Waals surface area contributed by atoms with E-state index in [1.807, 2.05) is 19.0 Å². The zero-order valence-corrected chi connectivity index (χ0v) is 11.5. The van der Waals surface area contributed by atoms with Gasteiger partial charge in [-0.3, -0.25) is 4.68 Å². The van der Waals surface area contributed by atoms with Crippen LogP contribution < -0.4 is 10.6 Å². The molecular weight excluding hydrogens is 243 g/mol. The summed E-state index contributed by atoms with van der Waals surface area (Å²) in [6.45, 7) is 2.09. The highest BCUT2D eigenvalue weighted by molar-refractivity contribution is 5.73. The Hall–Kier alpha value is -2.04. The van der Waals surface area contributed by atoms with Gasteiger partial charge in [-0.2, -0.15) is 5.10 Å². The predicted molar refractivity (Wildman–Crippen MR) is 76.1 cm³/mol. The van der Waals surface area contributed by atoms with Crippen molar-refractivity contribution in [3.8, 4) is 0 Å². The van der Waals surface area contributed by atoms with Crippen LogP contribution in [0.4, 0.5) is 21.6 Å². The Morgan fingerprint density at radius 2 is 1.95 bits per heavy atom. The zero-order chi connectivity index (χ0) is 14.0. The summed E-state index contributed by atoms with van der Waals surface area (Å²) in [5, 5.41) is 4.44. The Bertz CT molecular complexity index is 560. The van der Waals surface area contributed by atoms with Crippen LogP contribution in [0.15, 0.2) is 24.3 Å². The summed E-state index contributed by atoms with van der Waals surface area (Å²) in [5.41, 5.74) is 8.64. The molecule has 0 aliphatic heterocycles. The number of halogens is 1. The first-order chi connectivity index (χ1) is 9.04. The number of hydrogen-bond donors (Lipinski definition) is 1. The van der Waals surface area contributed by atoms with Crippen molar-refractivity contribution in [3.05, 3.63) is 35.8 Å². The van der Waals surface area contributed by atoms with Crippen LogP contribution in [0.2, 0.25) is 0 Å². The summed E-state index contributed by atoms with van der Waals surface area (Å²) in [6.07, 6.45) is 1.86. The maximum atomic E-state index is 13.0. The number of aromatic nitrogens is 2. The van der Waals surface area contributed by atoms with Crippen LogP contribution in [0, 0.1) is 5.82 Å². The molecule has 0 saturated heterocycles. The van der Waals surface area contributed by atoms with Crippen LogP contribution >= 0.6 is 0 Å². The molecule has 0 fully saturated rings. The third-order valence-corrected chi connectivity index (χ3v) is 3.15. The Morgan fingerprint density at radius 1 is 1.32 bits per heavy atom. The molecule has 1 aromatic heterocycles. The number of hydrogen-bond acceptors (Lipinski definition) is 3. The van der Waals surface area contributed by atoms with Gasteiger partial charge < -0.3 is 10.6 Å². The van der Waals surface area contributed by atoms with Crippen molar-refractivity contribution in [2.24, 2.45) is 7.05 Å².